The van der Waals surface area contributed by atoms with Gasteiger partial charge in [0.25, 0.3) is 0 Å². The van der Waals surface area contributed by atoms with Gasteiger partial charge in [-0.25, -0.2) is 14.0 Å². The molecule has 3 atom stereocenters. The third-order valence-electron chi connectivity index (χ3n) is 8.72. The van der Waals surface area contributed by atoms with Gasteiger partial charge in [-0.05, 0) is 73.9 Å². The minimum absolute atomic E-state index is 0.00382. The second kappa shape index (κ2) is 9.48. The molecule has 0 radical (unpaired) electrons. The molecule has 2 saturated heterocycles. The van der Waals surface area contributed by atoms with Crippen molar-refractivity contribution >= 4 is 12.0 Å². The lowest BCUT2D eigenvalue weighted by Crippen LogP contribution is -2.52. The van der Waals surface area contributed by atoms with E-state index in [0.717, 1.165) is 61.0 Å². The number of halogens is 1. The quantitative estimate of drug-likeness (QED) is 0.438. The summed E-state index contributed by atoms with van der Waals surface area (Å²) in [5.41, 5.74) is 3.94. The molecule has 4 aliphatic rings. The fourth-order valence-corrected chi connectivity index (χ4v) is 6.60. The maximum atomic E-state index is 14.6. The van der Waals surface area contributed by atoms with E-state index in [1.165, 1.54) is 6.07 Å². The summed E-state index contributed by atoms with van der Waals surface area (Å²) >= 11 is 0. The predicted octanol–water partition coefficient (Wildman–Crippen LogP) is 5.70. The van der Waals surface area contributed by atoms with Crippen molar-refractivity contribution in [3.05, 3.63) is 76.3 Å². The van der Waals surface area contributed by atoms with Gasteiger partial charge in [0.05, 0.1) is 18.3 Å². The minimum atomic E-state index is -0.959. The first-order chi connectivity index (χ1) is 19.0. The Kier molecular flexibility index (Phi) is 5.91. The standard InChI is InChI=1S/C30H30FN3O5/c31-26-4-2-1-3-24(26)27-25(28(39-32-27)17-5-6-17)16-38-23-12-21-9-10-22(13-23)34(21)30(37)33-14-19-8-7-18(29(35)36)11-20(19)15-33/h1-4,7-8,11,17,21-23H,5-6,9-10,12-16H2,(H,35,36)/t21-,22+,23?. The SMILES string of the molecule is O=C(O)c1ccc2c(c1)CN(C(=O)N1[C@@H]3CC[C@H]1CC(OCc1c(-c4ccccc4F)noc1C1CC1)C3)C2. The van der Waals surface area contributed by atoms with Gasteiger partial charge in [0.2, 0.25) is 0 Å². The number of piperidine rings is 1. The lowest BCUT2D eigenvalue weighted by molar-refractivity contribution is -0.0210. The molecule has 2 amide bonds. The van der Waals surface area contributed by atoms with Crippen molar-refractivity contribution in [1.82, 2.24) is 15.0 Å². The topological polar surface area (TPSA) is 96.1 Å². The van der Waals surface area contributed by atoms with Gasteiger partial charge in [-0.15, -0.1) is 0 Å². The molecule has 0 spiro atoms. The zero-order valence-corrected chi connectivity index (χ0v) is 21.5. The highest BCUT2D eigenvalue weighted by Crippen LogP contribution is 2.45. The Morgan fingerprint density at radius 1 is 1.03 bits per heavy atom. The maximum absolute atomic E-state index is 14.6. The third-order valence-corrected chi connectivity index (χ3v) is 8.72. The highest BCUT2D eigenvalue weighted by atomic mass is 19.1. The maximum Gasteiger partial charge on any atom is 0.335 e. The molecule has 7 rings (SSSR count). The molecular formula is C30H30FN3O5. The first-order valence-corrected chi connectivity index (χ1v) is 13.7. The molecule has 1 saturated carbocycles. The van der Waals surface area contributed by atoms with Crippen LogP contribution in [0.1, 0.15) is 77.3 Å². The van der Waals surface area contributed by atoms with Crippen molar-refractivity contribution in [2.75, 3.05) is 0 Å². The van der Waals surface area contributed by atoms with E-state index in [-0.39, 0.29) is 35.6 Å². The van der Waals surface area contributed by atoms with Crippen molar-refractivity contribution in [3.8, 4) is 11.3 Å². The molecule has 2 bridgehead atoms. The van der Waals surface area contributed by atoms with Crippen molar-refractivity contribution in [2.45, 2.75) is 82.3 Å². The monoisotopic (exact) mass is 531 g/mol. The Balaban J connectivity index is 1.03. The number of fused-ring (bicyclic) bond motifs is 3. The van der Waals surface area contributed by atoms with Gasteiger partial charge >= 0.3 is 12.0 Å². The molecule has 39 heavy (non-hydrogen) atoms. The van der Waals surface area contributed by atoms with Gasteiger partial charge in [0.15, 0.2) is 0 Å². The Labute approximate surface area is 225 Å². The average Bonchev–Trinajstić information content (AvgIpc) is 3.45. The number of urea groups is 1. The van der Waals surface area contributed by atoms with Crippen LogP contribution in [0.3, 0.4) is 0 Å². The number of carboxylic acids is 1. The lowest BCUT2D eigenvalue weighted by atomic mass is 9.99. The first kappa shape index (κ1) is 24.3. The van der Waals surface area contributed by atoms with Gasteiger partial charge in [0, 0.05) is 42.2 Å². The molecule has 8 nitrogen and oxygen atoms in total. The van der Waals surface area contributed by atoms with Crippen LogP contribution in [0.25, 0.3) is 11.3 Å². The number of carbonyl (C=O) groups excluding carboxylic acids is 1. The smallest absolute Gasteiger partial charge is 0.335 e. The minimum Gasteiger partial charge on any atom is -0.478 e. The summed E-state index contributed by atoms with van der Waals surface area (Å²) in [4.78, 5) is 28.8. The van der Waals surface area contributed by atoms with Crippen molar-refractivity contribution in [3.63, 3.8) is 0 Å². The molecular weight excluding hydrogens is 501 g/mol. The molecule has 1 aliphatic carbocycles. The van der Waals surface area contributed by atoms with Gasteiger partial charge in [0.1, 0.15) is 17.3 Å². The zero-order valence-electron chi connectivity index (χ0n) is 21.5. The van der Waals surface area contributed by atoms with Crippen LogP contribution < -0.4 is 0 Å². The number of carbonyl (C=O) groups is 2. The number of amides is 2. The van der Waals surface area contributed by atoms with Crippen LogP contribution in [0.5, 0.6) is 0 Å². The normalized spacial score (nSPS) is 23.8. The Hall–Kier alpha value is -3.72. The Morgan fingerprint density at radius 3 is 2.49 bits per heavy atom. The predicted molar refractivity (Wildman–Crippen MR) is 138 cm³/mol. The van der Waals surface area contributed by atoms with Crippen molar-refractivity contribution in [2.24, 2.45) is 0 Å². The lowest BCUT2D eigenvalue weighted by Gasteiger charge is -2.40. The number of hydrogen-bond donors (Lipinski definition) is 1. The van der Waals surface area contributed by atoms with E-state index in [2.05, 4.69) is 5.16 Å². The zero-order chi connectivity index (χ0) is 26.7. The molecule has 3 aliphatic heterocycles. The van der Waals surface area contributed by atoms with E-state index in [9.17, 15) is 19.1 Å². The number of aromatic carboxylic acids is 1. The van der Waals surface area contributed by atoms with Gasteiger partial charge in [-0.2, -0.15) is 0 Å². The van der Waals surface area contributed by atoms with Gasteiger partial charge in [-0.3, -0.25) is 0 Å². The van der Waals surface area contributed by atoms with Crippen LogP contribution in [0.15, 0.2) is 47.0 Å². The van der Waals surface area contributed by atoms with E-state index >= 15 is 0 Å². The molecule has 4 heterocycles. The number of aromatic nitrogens is 1. The van der Waals surface area contributed by atoms with Gasteiger partial charge in [-0.1, -0.05) is 23.4 Å². The molecule has 3 fully saturated rings. The molecule has 202 valence electrons. The number of ether oxygens (including phenoxy) is 1. The van der Waals surface area contributed by atoms with E-state index in [1.54, 1.807) is 30.3 Å². The number of carboxylic acid groups (broad SMARTS) is 1. The molecule has 1 aromatic heterocycles. The summed E-state index contributed by atoms with van der Waals surface area (Å²) in [6.45, 7) is 1.24. The summed E-state index contributed by atoms with van der Waals surface area (Å²) in [6, 6.07) is 11.9. The second-order valence-corrected chi connectivity index (χ2v) is 11.3. The summed E-state index contributed by atoms with van der Waals surface area (Å²) < 4.78 is 26.7. The fourth-order valence-electron chi connectivity index (χ4n) is 6.60. The average molecular weight is 532 g/mol. The fraction of sp³-hybridized carbons (Fsp3) is 0.433. The van der Waals surface area contributed by atoms with E-state index in [4.69, 9.17) is 9.26 Å². The van der Waals surface area contributed by atoms with E-state index in [1.807, 2.05) is 15.9 Å². The molecule has 2 aromatic carbocycles. The first-order valence-electron chi connectivity index (χ1n) is 13.7. The largest absolute Gasteiger partial charge is 0.478 e. The summed E-state index contributed by atoms with van der Waals surface area (Å²) in [5, 5.41) is 13.5. The van der Waals surface area contributed by atoms with Crippen LogP contribution >= 0.6 is 0 Å². The highest BCUT2D eigenvalue weighted by Gasteiger charge is 2.46. The summed E-state index contributed by atoms with van der Waals surface area (Å²) in [6.07, 6.45) is 5.48. The third kappa shape index (κ3) is 4.38. The van der Waals surface area contributed by atoms with E-state index in [0.29, 0.717) is 36.9 Å². The van der Waals surface area contributed by atoms with Crippen LogP contribution in [-0.4, -0.2) is 50.3 Å². The summed E-state index contributed by atoms with van der Waals surface area (Å²) in [5.74, 6) is -0.159. The van der Waals surface area contributed by atoms with Crippen molar-refractivity contribution < 1.29 is 28.3 Å². The number of nitrogens with zero attached hydrogens (tertiary/aromatic N) is 3. The molecule has 9 heteroatoms. The Morgan fingerprint density at radius 2 is 1.77 bits per heavy atom. The van der Waals surface area contributed by atoms with Crippen molar-refractivity contribution in [1.29, 1.82) is 0 Å². The molecule has 1 unspecified atom stereocenters. The Bertz CT molecular complexity index is 1440. The van der Waals surface area contributed by atoms with Crippen LogP contribution in [0.4, 0.5) is 9.18 Å². The summed E-state index contributed by atoms with van der Waals surface area (Å²) in [7, 11) is 0. The second-order valence-electron chi connectivity index (χ2n) is 11.3. The van der Waals surface area contributed by atoms with Crippen LogP contribution in [0, 0.1) is 5.82 Å². The molecule has 3 aromatic rings. The number of benzene rings is 2. The van der Waals surface area contributed by atoms with Crippen LogP contribution in [0.2, 0.25) is 0 Å². The molecule has 1 N–H and O–H groups in total. The van der Waals surface area contributed by atoms with Crippen LogP contribution in [-0.2, 0) is 24.4 Å². The van der Waals surface area contributed by atoms with Gasteiger partial charge < -0.3 is 24.2 Å². The highest BCUT2D eigenvalue weighted by molar-refractivity contribution is 5.88. The number of hydrogen-bond acceptors (Lipinski definition) is 5. The number of rotatable bonds is 6. The van der Waals surface area contributed by atoms with E-state index < -0.39 is 5.97 Å².